The maximum Gasteiger partial charge on any atom is 0.324 e. The maximum atomic E-state index is 12.8. The number of benzene rings is 1. The lowest BCUT2D eigenvalue weighted by atomic mass is 9.92. The monoisotopic (exact) mass is 506 g/mol. The van der Waals surface area contributed by atoms with Gasteiger partial charge in [-0.3, -0.25) is 10.1 Å². The van der Waals surface area contributed by atoms with E-state index in [4.69, 9.17) is 9.84 Å². The fraction of sp³-hybridized carbons (Fsp3) is 0.423. The zero-order valence-electron chi connectivity index (χ0n) is 22.5. The summed E-state index contributed by atoms with van der Waals surface area (Å²) in [6, 6.07) is 8.67. The average Bonchev–Trinajstić information content (AvgIpc) is 3.21. The molecule has 1 aliphatic heterocycles. The van der Waals surface area contributed by atoms with Crippen LogP contribution in [0, 0.1) is 0 Å². The van der Waals surface area contributed by atoms with E-state index in [2.05, 4.69) is 52.0 Å². The summed E-state index contributed by atoms with van der Waals surface area (Å²) >= 11 is 0. The Kier molecular flexibility index (Phi) is 6.35. The Bertz CT molecular complexity index is 1330. The second-order valence-electron chi connectivity index (χ2n) is 11.5. The number of aromatic nitrogens is 4. The number of ether oxygens (including phenoxy) is 1. The lowest BCUT2D eigenvalue weighted by Gasteiger charge is -2.31. The van der Waals surface area contributed by atoms with Gasteiger partial charge in [-0.1, -0.05) is 20.8 Å². The van der Waals surface area contributed by atoms with Crippen molar-refractivity contribution in [3.05, 3.63) is 42.4 Å². The van der Waals surface area contributed by atoms with E-state index < -0.39 is 5.60 Å². The third-order valence-electron chi connectivity index (χ3n) is 5.70. The molecule has 196 valence electrons. The van der Waals surface area contributed by atoms with E-state index in [0.717, 1.165) is 5.69 Å². The zero-order chi connectivity index (χ0) is 27.2. The van der Waals surface area contributed by atoms with Crippen LogP contribution in [0.15, 0.2) is 36.7 Å². The Morgan fingerprint density at radius 3 is 2.27 bits per heavy atom. The topological polar surface area (TPSA) is 135 Å². The van der Waals surface area contributed by atoms with Gasteiger partial charge in [0.2, 0.25) is 5.75 Å². The molecule has 0 saturated carbocycles. The number of nitrogens with one attached hydrogen (secondary N) is 4. The molecule has 4 N–H and O–H groups in total. The normalized spacial score (nSPS) is 14.8. The third kappa shape index (κ3) is 5.65. The smallest absolute Gasteiger partial charge is 0.324 e. The first-order chi connectivity index (χ1) is 17.1. The minimum absolute atomic E-state index is 0.151. The van der Waals surface area contributed by atoms with Crippen LogP contribution < -0.4 is 26.0 Å². The molecule has 2 aromatic heterocycles. The number of carbonyl (C=O) groups is 2. The van der Waals surface area contributed by atoms with Crippen molar-refractivity contribution < 1.29 is 14.3 Å². The lowest BCUT2D eigenvalue weighted by molar-refractivity contribution is -0.129. The van der Waals surface area contributed by atoms with Gasteiger partial charge in [-0.2, -0.15) is 5.10 Å². The predicted octanol–water partition coefficient (Wildman–Crippen LogP) is 5.22. The van der Waals surface area contributed by atoms with E-state index in [-0.39, 0.29) is 22.9 Å². The molecule has 0 fully saturated rings. The van der Waals surface area contributed by atoms with Crippen LogP contribution in [0.4, 0.5) is 33.6 Å². The van der Waals surface area contributed by atoms with E-state index in [9.17, 15) is 9.59 Å². The van der Waals surface area contributed by atoms with Crippen molar-refractivity contribution in [2.75, 3.05) is 21.3 Å². The minimum atomic E-state index is -1.05. The fourth-order valence-corrected chi connectivity index (χ4v) is 3.61. The van der Waals surface area contributed by atoms with Gasteiger partial charge in [0.1, 0.15) is 12.1 Å². The molecular weight excluding hydrogens is 472 g/mol. The van der Waals surface area contributed by atoms with Crippen LogP contribution in [0.1, 0.15) is 61.1 Å². The third-order valence-corrected chi connectivity index (χ3v) is 5.70. The van der Waals surface area contributed by atoms with Crippen LogP contribution in [0.25, 0.3) is 0 Å². The van der Waals surface area contributed by atoms with Crippen molar-refractivity contribution in [3.8, 4) is 5.75 Å². The van der Waals surface area contributed by atoms with Crippen LogP contribution in [0.3, 0.4) is 0 Å². The lowest BCUT2D eigenvalue weighted by Crippen LogP contribution is -2.46. The standard InChI is InChI=1S/C26H34N8O3/c1-24(2,3)17-13-18(34(33-17)25(4,5)6)31-23(36)30-16-11-9-15(10-12-16)29-20-19-21(28-14-27-20)32-22(35)26(7,8)37-19/h9-14H,1-8H3,(H2,30,31,36)(H2,27,28,29,32,35). The molecule has 0 bridgehead atoms. The highest BCUT2D eigenvalue weighted by atomic mass is 16.5. The zero-order valence-corrected chi connectivity index (χ0v) is 22.5. The average molecular weight is 507 g/mol. The molecule has 0 unspecified atom stereocenters. The molecule has 3 heterocycles. The predicted molar refractivity (Wildman–Crippen MR) is 144 cm³/mol. The summed E-state index contributed by atoms with van der Waals surface area (Å²) in [4.78, 5) is 33.3. The van der Waals surface area contributed by atoms with Gasteiger partial charge < -0.3 is 20.7 Å². The molecule has 4 rings (SSSR count). The van der Waals surface area contributed by atoms with Crippen molar-refractivity contribution in [2.45, 2.75) is 71.9 Å². The SMILES string of the molecule is CC1(C)Oc2c(ncnc2Nc2ccc(NC(=O)Nc3cc(C(C)(C)C)nn3C(C)(C)C)cc2)NC1=O. The van der Waals surface area contributed by atoms with Gasteiger partial charge in [0.25, 0.3) is 5.91 Å². The Labute approximate surface area is 216 Å². The summed E-state index contributed by atoms with van der Waals surface area (Å²) < 4.78 is 7.68. The number of hydrogen-bond acceptors (Lipinski definition) is 7. The van der Waals surface area contributed by atoms with E-state index in [1.807, 2.05) is 31.5 Å². The quantitative estimate of drug-likeness (QED) is 0.381. The highest BCUT2D eigenvalue weighted by molar-refractivity contribution is 6.00. The number of carbonyl (C=O) groups excluding carboxylic acids is 2. The Balaban J connectivity index is 1.46. The van der Waals surface area contributed by atoms with Crippen molar-refractivity contribution in [1.82, 2.24) is 19.7 Å². The highest BCUT2D eigenvalue weighted by Crippen LogP contribution is 2.38. The number of amides is 3. The molecule has 0 radical (unpaired) electrons. The number of nitrogens with zero attached hydrogens (tertiary/aromatic N) is 4. The molecule has 0 saturated heterocycles. The molecule has 11 heteroatoms. The van der Waals surface area contributed by atoms with Crippen LogP contribution >= 0.6 is 0 Å². The van der Waals surface area contributed by atoms with Crippen LogP contribution in [0.5, 0.6) is 5.75 Å². The van der Waals surface area contributed by atoms with Gasteiger partial charge >= 0.3 is 6.03 Å². The number of rotatable bonds is 4. The number of hydrogen-bond donors (Lipinski definition) is 4. The van der Waals surface area contributed by atoms with E-state index in [1.54, 1.807) is 38.1 Å². The van der Waals surface area contributed by atoms with Crippen molar-refractivity contribution in [1.29, 1.82) is 0 Å². The summed E-state index contributed by atoms with van der Waals surface area (Å²) in [6.45, 7) is 15.7. The maximum absolute atomic E-state index is 12.8. The molecule has 11 nitrogen and oxygen atoms in total. The highest BCUT2D eigenvalue weighted by Gasteiger charge is 2.37. The number of anilines is 5. The summed E-state index contributed by atoms with van der Waals surface area (Å²) in [5, 5.41) is 16.4. The summed E-state index contributed by atoms with van der Waals surface area (Å²) in [7, 11) is 0. The van der Waals surface area contributed by atoms with Gasteiger partial charge in [0.15, 0.2) is 17.2 Å². The van der Waals surface area contributed by atoms with Crippen LogP contribution in [-0.4, -0.2) is 37.3 Å². The molecule has 3 aromatic rings. The van der Waals surface area contributed by atoms with Crippen molar-refractivity contribution >= 4 is 40.8 Å². The number of urea groups is 1. The Hall–Kier alpha value is -4.15. The van der Waals surface area contributed by atoms with Gasteiger partial charge in [0, 0.05) is 22.9 Å². The second kappa shape index (κ2) is 9.06. The van der Waals surface area contributed by atoms with E-state index in [0.29, 0.717) is 34.6 Å². The van der Waals surface area contributed by atoms with Gasteiger partial charge in [0.05, 0.1) is 11.2 Å². The van der Waals surface area contributed by atoms with Crippen molar-refractivity contribution in [2.24, 2.45) is 0 Å². The summed E-state index contributed by atoms with van der Waals surface area (Å²) in [6.07, 6.45) is 1.34. The molecule has 1 aliphatic rings. The van der Waals surface area contributed by atoms with Crippen LogP contribution in [0.2, 0.25) is 0 Å². The van der Waals surface area contributed by atoms with Gasteiger partial charge in [-0.25, -0.2) is 19.4 Å². The first-order valence-corrected chi connectivity index (χ1v) is 12.0. The molecular formula is C26H34N8O3. The first kappa shape index (κ1) is 25.9. The van der Waals surface area contributed by atoms with Gasteiger partial charge in [-0.05, 0) is 58.9 Å². The summed E-state index contributed by atoms with van der Waals surface area (Å²) in [5.74, 6) is 1.43. The largest absolute Gasteiger partial charge is 0.470 e. The number of fused-ring (bicyclic) bond motifs is 1. The molecule has 37 heavy (non-hydrogen) atoms. The van der Waals surface area contributed by atoms with E-state index in [1.165, 1.54) is 6.33 Å². The van der Waals surface area contributed by atoms with Crippen molar-refractivity contribution in [3.63, 3.8) is 0 Å². The van der Waals surface area contributed by atoms with Gasteiger partial charge in [-0.15, -0.1) is 0 Å². The minimum Gasteiger partial charge on any atom is -0.470 e. The molecule has 3 amide bonds. The molecule has 0 spiro atoms. The first-order valence-electron chi connectivity index (χ1n) is 12.0. The summed E-state index contributed by atoms with van der Waals surface area (Å²) in [5.41, 5.74) is 0.710. The fourth-order valence-electron chi connectivity index (χ4n) is 3.61. The second-order valence-corrected chi connectivity index (χ2v) is 11.5. The molecule has 0 atom stereocenters. The molecule has 0 aliphatic carbocycles. The Morgan fingerprint density at radius 1 is 1.00 bits per heavy atom. The Morgan fingerprint density at radius 2 is 1.65 bits per heavy atom. The molecule has 1 aromatic carbocycles. The van der Waals surface area contributed by atoms with Crippen LogP contribution in [-0.2, 0) is 15.7 Å². The van der Waals surface area contributed by atoms with E-state index >= 15 is 0 Å².